The molecule has 0 aliphatic heterocycles. The van der Waals surface area contributed by atoms with Gasteiger partial charge in [-0.2, -0.15) is 0 Å². The van der Waals surface area contributed by atoms with Crippen molar-refractivity contribution in [1.82, 2.24) is 0 Å². The Kier molecular flexibility index (Phi) is 17.2. The third-order valence-corrected chi connectivity index (χ3v) is 9.24. The normalized spacial score (nSPS) is 15.5. The van der Waals surface area contributed by atoms with Crippen molar-refractivity contribution in [2.45, 2.75) is 33.5 Å². The number of fused-ring (bicyclic) bond motifs is 4. The van der Waals surface area contributed by atoms with E-state index < -0.39 is 0 Å². The highest BCUT2D eigenvalue weighted by atomic mass is 16.5. The molecule has 276 valence electrons. The molecule has 4 nitrogen and oxygen atoms in total. The summed E-state index contributed by atoms with van der Waals surface area (Å²) in [7, 11) is 6.98. The number of rotatable bonds is 8. The largest absolute Gasteiger partial charge is 0.384 e. The summed E-state index contributed by atoms with van der Waals surface area (Å²) in [5.74, 6) is 1.22. The van der Waals surface area contributed by atoms with Gasteiger partial charge in [0.15, 0.2) is 0 Å². The molecular formula is C49H56O4. The van der Waals surface area contributed by atoms with Gasteiger partial charge in [0, 0.05) is 40.3 Å². The van der Waals surface area contributed by atoms with Gasteiger partial charge in [-0.3, -0.25) is 0 Å². The molecule has 6 aromatic rings. The number of ether oxygens (including phenoxy) is 4. The van der Waals surface area contributed by atoms with Gasteiger partial charge in [-0.1, -0.05) is 153 Å². The highest BCUT2D eigenvalue weighted by Crippen LogP contribution is 2.30. The van der Waals surface area contributed by atoms with Crippen LogP contribution in [0, 0.1) is 11.8 Å². The molecular weight excluding hydrogens is 653 g/mol. The topological polar surface area (TPSA) is 36.9 Å². The second-order valence-corrected chi connectivity index (χ2v) is 13.0. The molecule has 0 saturated heterocycles. The monoisotopic (exact) mass is 708 g/mol. The zero-order chi connectivity index (χ0) is 36.4. The third kappa shape index (κ3) is 11.6. The zero-order valence-corrected chi connectivity index (χ0v) is 31.0. The van der Waals surface area contributed by atoms with Crippen molar-refractivity contribution in [2.75, 3.05) is 41.7 Å². The number of hydrogen-bond acceptors (Lipinski definition) is 4. The lowest BCUT2D eigenvalue weighted by atomic mass is 9.97. The second-order valence-electron chi connectivity index (χ2n) is 13.0. The Bertz CT molecular complexity index is 1860. The summed E-state index contributed by atoms with van der Waals surface area (Å²) in [5, 5.41) is 10.2. The molecule has 8 rings (SSSR count). The van der Waals surface area contributed by atoms with Gasteiger partial charge < -0.3 is 18.9 Å². The standard InChI is InChI=1S/2C16H14O.2C8H12O.CH4/c2*1-17-11-16-14-8-4-2-6-12(14)10-13-7-3-5-9-15(13)16;2*1-9-7-8-5-3-2-4-6-8;/h2*2-10H,11H2,1H3;2*2-5,8H,6-7H2,1H3;1H4. The fourth-order valence-electron chi connectivity index (χ4n) is 6.75. The lowest BCUT2D eigenvalue weighted by Crippen LogP contribution is -2.04. The van der Waals surface area contributed by atoms with Crippen LogP contribution in [0.4, 0.5) is 0 Å². The van der Waals surface area contributed by atoms with Crippen LogP contribution in [0.2, 0.25) is 0 Å². The third-order valence-electron chi connectivity index (χ3n) is 9.24. The van der Waals surface area contributed by atoms with Crippen LogP contribution < -0.4 is 0 Å². The minimum Gasteiger partial charge on any atom is -0.384 e. The summed E-state index contributed by atoms with van der Waals surface area (Å²) in [6, 6.07) is 38.4. The summed E-state index contributed by atoms with van der Waals surface area (Å²) in [6.07, 6.45) is 19.3. The van der Waals surface area contributed by atoms with Crippen LogP contribution in [0.15, 0.2) is 158 Å². The molecule has 4 heteroatoms. The zero-order valence-electron chi connectivity index (χ0n) is 31.0. The van der Waals surface area contributed by atoms with Crippen LogP contribution in [-0.2, 0) is 32.2 Å². The van der Waals surface area contributed by atoms with E-state index in [0.717, 1.165) is 26.1 Å². The van der Waals surface area contributed by atoms with E-state index in [1.54, 1.807) is 28.4 Å². The van der Waals surface area contributed by atoms with Crippen molar-refractivity contribution < 1.29 is 18.9 Å². The fourth-order valence-corrected chi connectivity index (χ4v) is 6.75. The highest BCUT2D eigenvalue weighted by molar-refractivity contribution is 6.03. The van der Waals surface area contributed by atoms with Crippen LogP contribution in [0.25, 0.3) is 43.1 Å². The lowest BCUT2D eigenvalue weighted by molar-refractivity contribution is 0.170. The second kappa shape index (κ2) is 22.3. The van der Waals surface area contributed by atoms with E-state index >= 15 is 0 Å². The molecule has 0 heterocycles. The van der Waals surface area contributed by atoms with Gasteiger partial charge in [-0.05, 0) is 79.2 Å². The maximum atomic E-state index is 5.34. The number of allylic oxidation sites excluding steroid dienone is 6. The Morgan fingerprint density at radius 3 is 1.02 bits per heavy atom. The Balaban J connectivity index is 0.000000164. The molecule has 53 heavy (non-hydrogen) atoms. The number of methoxy groups -OCH3 is 4. The quantitative estimate of drug-likeness (QED) is 0.148. The molecule has 2 atom stereocenters. The lowest BCUT2D eigenvalue weighted by Gasteiger charge is -2.10. The predicted octanol–water partition coefficient (Wildman–Crippen LogP) is 12.4. The van der Waals surface area contributed by atoms with Gasteiger partial charge in [-0.25, -0.2) is 0 Å². The van der Waals surface area contributed by atoms with Crippen molar-refractivity contribution in [3.05, 3.63) is 169 Å². The number of benzene rings is 6. The van der Waals surface area contributed by atoms with Crippen molar-refractivity contribution in [3.8, 4) is 0 Å². The molecule has 0 saturated carbocycles. The van der Waals surface area contributed by atoms with Gasteiger partial charge in [0.25, 0.3) is 0 Å². The average Bonchev–Trinajstić information content (AvgIpc) is 3.20. The Morgan fingerprint density at radius 1 is 0.434 bits per heavy atom. The molecule has 2 unspecified atom stereocenters. The van der Waals surface area contributed by atoms with E-state index in [0.29, 0.717) is 25.0 Å². The Morgan fingerprint density at radius 2 is 0.755 bits per heavy atom. The maximum absolute atomic E-state index is 5.34. The SMILES string of the molecule is C.COCC1C=CC=CC1.COCC1C=CC=CC1.COCc1c2ccccc2cc2ccccc12.COCc1c2ccccc2cc2ccccc12. The van der Waals surface area contributed by atoms with Crippen LogP contribution in [0.5, 0.6) is 0 Å². The molecule has 0 aromatic heterocycles. The van der Waals surface area contributed by atoms with E-state index in [1.807, 2.05) is 0 Å². The van der Waals surface area contributed by atoms with Crippen LogP contribution in [0.1, 0.15) is 31.4 Å². The Hall–Kier alpha value is -4.84. The molecule has 0 fully saturated rings. The summed E-state index contributed by atoms with van der Waals surface area (Å²) in [4.78, 5) is 0. The minimum absolute atomic E-state index is 0. The first-order chi connectivity index (χ1) is 25.7. The van der Waals surface area contributed by atoms with E-state index in [1.165, 1.54) is 54.2 Å². The van der Waals surface area contributed by atoms with Gasteiger partial charge in [0.2, 0.25) is 0 Å². The Labute approximate surface area is 317 Å². The van der Waals surface area contributed by atoms with E-state index in [4.69, 9.17) is 18.9 Å². The molecule has 2 aliphatic rings. The van der Waals surface area contributed by atoms with Crippen LogP contribution in [0.3, 0.4) is 0 Å². The average molecular weight is 709 g/mol. The van der Waals surface area contributed by atoms with Gasteiger partial charge in [0.1, 0.15) is 0 Å². The minimum atomic E-state index is 0. The van der Waals surface area contributed by atoms with Crippen LogP contribution >= 0.6 is 0 Å². The van der Waals surface area contributed by atoms with Crippen molar-refractivity contribution in [1.29, 1.82) is 0 Å². The summed E-state index contributed by atoms with van der Waals surface area (Å²) in [5.41, 5.74) is 2.56. The highest BCUT2D eigenvalue weighted by Gasteiger charge is 2.08. The van der Waals surface area contributed by atoms with Gasteiger partial charge >= 0.3 is 0 Å². The maximum Gasteiger partial charge on any atom is 0.0725 e. The first-order valence-corrected chi connectivity index (χ1v) is 18.1. The summed E-state index contributed by atoms with van der Waals surface area (Å²) >= 11 is 0. The van der Waals surface area contributed by atoms with Crippen molar-refractivity contribution in [2.24, 2.45) is 11.8 Å². The molecule has 0 amide bonds. The molecule has 0 spiro atoms. The van der Waals surface area contributed by atoms with E-state index in [-0.39, 0.29) is 7.43 Å². The smallest absolute Gasteiger partial charge is 0.0725 e. The predicted molar refractivity (Wildman–Crippen MR) is 228 cm³/mol. The number of hydrogen-bond donors (Lipinski definition) is 0. The van der Waals surface area contributed by atoms with Gasteiger partial charge in [0.05, 0.1) is 26.4 Å². The van der Waals surface area contributed by atoms with E-state index in [2.05, 4.69) is 158 Å². The summed E-state index contributed by atoms with van der Waals surface area (Å²) in [6.45, 7) is 3.01. The van der Waals surface area contributed by atoms with Crippen molar-refractivity contribution in [3.63, 3.8) is 0 Å². The summed E-state index contributed by atoms with van der Waals surface area (Å²) < 4.78 is 20.7. The van der Waals surface area contributed by atoms with Gasteiger partial charge in [-0.15, -0.1) is 0 Å². The first kappa shape index (κ1) is 40.9. The molecule has 0 bridgehead atoms. The van der Waals surface area contributed by atoms with Crippen molar-refractivity contribution >= 4 is 43.1 Å². The van der Waals surface area contributed by atoms with E-state index in [9.17, 15) is 0 Å². The fraction of sp³-hybridized carbons (Fsp3) is 0.265. The molecule has 0 radical (unpaired) electrons. The first-order valence-electron chi connectivity index (χ1n) is 18.1. The molecule has 2 aliphatic carbocycles. The van der Waals surface area contributed by atoms with Crippen LogP contribution in [-0.4, -0.2) is 41.7 Å². The molecule has 6 aromatic carbocycles. The molecule has 0 N–H and O–H groups in total.